The number of hydrogen-bond donors (Lipinski definition) is 0. The van der Waals surface area contributed by atoms with Gasteiger partial charge in [-0.25, -0.2) is 18.2 Å². The lowest BCUT2D eigenvalue weighted by molar-refractivity contribution is 0.0576. The van der Waals surface area contributed by atoms with Crippen LogP contribution < -0.4 is 4.90 Å². The molecule has 0 fully saturated rings. The summed E-state index contributed by atoms with van der Waals surface area (Å²) in [5.41, 5.74) is 3.29. The van der Waals surface area contributed by atoms with Gasteiger partial charge in [-0.15, -0.1) is 0 Å². The Balaban J connectivity index is 1.79. The van der Waals surface area contributed by atoms with Crippen molar-refractivity contribution < 1.29 is 17.9 Å². The number of sulfone groups is 1. The first-order valence-corrected chi connectivity index (χ1v) is 12.2. The zero-order valence-corrected chi connectivity index (χ0v) is 18.8. The van der Waals surface area contributed by atoms with Gasteiger partial charge in [0.25, 0.3) is 0 Å². The van der Waals surface area contributed by atoms with Crippen LogP contribution in [-0.2, 0) is 27.4 Å². The van der Waals surface area contributed by atoms with Crippen molar-refractivity contribution in [2.45, 2.75) is 52.1 Å². The van der Waals surface area contributed by atoms with Crippen LogP contribution in [-0.4, -0.2) is 48.6 Å². The van der Waals surface area contributed by atoms with Crippen LogP contribution in [0.2, 0.25) is 0 Å². The molecule has 7 nitrogen and oxygen atoms in total. The number of fused-ring (bicyclic) bond motifs is 1. The second-order valence-corrected chi connectivity index (χ2v) is 11.0. The second kappa shape index (κ2) is 8.71. The number of nitrogens with zero attached hydrogens (tertiary/aromatic N) is 3. The molecule has 3 rings (SSSR count). The number of anilines is 1. The van der Waals surface area contributed by atoms with Crippen molar-refractivity contribution in [1.29, 1.82) is 0 Å². The van der Waals surface area contributed by atoms with E-state index in [4.69, 9.17) is 4.74 Å². The molecule has 0 bridgehead atoms. The average molecular weight is 432 g/mol. The quantitative estimate of drug-likeness (QED) is 0.715. The van der Waals surface area contributed by atoms with Crippen LogP contribution >= 0.6 is 0 Å². The maximum Gasteiger partial charge on any atom is 0.416 e. The normalized spacial score (nSPS) is 14.3. The van der Waals surface area contributed by atoms with Crippen molar-refractivity contribution in [3.8, 4) is 11.1 Å². The summed E-state index contributed by atoms with van der Waals surface area (Å²) < 4.78 is 28.2. The van der Waals surface area contributed by atoms with Crippen molar-refractivity contribution in [3.05, 3.63) is 41.9 Å². The van der Waals surface area contributed by atoms with Crippen molar-refractivity contribution in [2.24, 2.45) is 0 Å². The van der Waals surface area contributed by atoms with Gasteiger partial charge in [-0.05, 0) is 69.7 Å². The highest BCUT2D eigenvalue weighted by Crippen LogP contribution is 2.30. The van der Waals surface area contributed by atoms with Gasteiger partial charge >= 0.3 is 6.09 Å². The molecule has 0 unspecified atom stereocenters. The highest BCUT2D eigenvalue weighted by Gasteiger charge is 2.28. The largest absolute Gasteiger partial charge is 0.443 e. The lowest BCUT2D eigenvalue weighted by atomic mass is 10.00. The first-order chi connectivity index (χ1) is 14.0. The number of hydrogen-bond acceptors (Lipinski definition) is 6. The van der Waals surface area contributed by atoms with Gasteiger partial charge in [0.05, 0.1) is 5.75 Å². The third-order valence-corrected chi connectivity index (χ3v) is 5.78. The third-order valence-electron chi connectivity index (χ3n) is 4.75. The Morgan fingerprint density at radius 3 is 2.60 bits per heavy atom. The lowest BCUT2D eigenvalue weighted by Crippen LogP contribution is -2.40. The Bertz CT molecular complexity index is 1030. The Morgan fingerprint density at radius 2 is 1.90 bits per heavy atom. The summed E-state index contributed by atoms with van der Waals surface area (Å²) in [6, 6.07) is 4.07. The maximum absolute atomic E-state index is 12.6. The molecule has 0 saturated heterocycles. The van der Waals surface area contributed by atoms with Crippen LogP contribution in [0.1, 0.15) is 44.7 Å². The maximum atomic E-state index is 12.6. The van der Waals surface area contributed by atoms with E-state index in [1.54, 1.807) is 23.5 Å². The monoisotopic (exact) mass is 431 g/mol. The molecule has 162 valence electrons. The second-order valence-electron chi connectivity index (χ2n) is 8.76. The highest BCUT2D eigenvalue weighted by atomic mass is 32.2. The van der Waals surface area contributed by atoms with Crippen LogP contribution in [0.25, 0.3) is 11.1 Å². The molecule has 0 spiro atoms. The number of carbonyl (C=O) groups excluding carboxylic acids is 1. The lowest BCUT2D eigenvalue weighted by Gasteiger charge is -2.30. The summed E-state index contributed by atoms with van der Waals surface area (Å²) in [6.07, 6.45) is 9.08. The molecular weight excluding hydrogens is 402 g/mol. The molecule has 0 atom stereocenters. The van der Waals surface area contributed by atoms with Crippen LogP contribution in [0.3, 0.4) is 0 Å². The van der Waals surface area contributed by atoms with Crippen molar-refractivity contribution in [1.82, 2.24) is 9.97 Å². The first-order valence-electron chi connectivity index (χ1n) is 10.1. The van der Waals surface area contributed by atoms with Gasteiger partial charge in [0.1, 0.15) is 21.3 Å². The molecule has 0 N–H and O–H groups in total. The van der Waals surface area contributed by atoms with Gasteiger partial charge in [-0.1, -0.05) is 0 Å². The predicted molar refractivity (Wildman–Crippen MR) is 117 cm³/mol. The van der Waals surface area contributed by atoms with Gasteiger partial charge in [-0.2, -0.15) is 0 Å². The highest BCUT2D eigenvalue weighted by molar-refractivity contribution is 7.90. The third kappa shape index (κ3) is 6.01. The molecule has 1 aliphatic heterocycles. The number of ether oxygens (including phenoxy) is 1. The summed E-state index contributed by atoms with van der Waals surface area (Å²) in [5, 5.41) is 0. The summed E-state index contributed by atoms with van der Waals surface area (Å²) in [6.45, 7) is 6.14. The molecule has 3 heterocycles. The fourth-order valence-corrected chi connectivity index (χ4v) is 4.11. The van der Waals surface area contributed by atoms with Gasteiger partial charge in [-0.3, -0.25) is 9.88 Å². The van der Waals surface area contributed by atoms with Gasteiger partial charge in [0.15, 0.2) is 0 Å². The molecule has 2 aromatic heterocycles. The van der Waals surface area contributed by atoms with Gasteiger partial charge in [0, 0.05) is 42.5 Å². The number of pyridine rings is 2. The number of amides is 1. The molecule has 2 aromatic rings. The minimum Gasteiger partial charge on any atom is -0.443 e. The SMILES string of the molecule is CC(C)(C)OC(=O)N1CCCc2cc(-c3cncc(CCCS(C)(=O)=O)c3)cnc21. The summed E-state index contributed by atoms with van der Waals surface area (Å²) in [7, 11) is -2.96. The zero-order chi connectivity index (χ0) is 21.9. The van der Waals surface area contributed by atoms with Crippen LogP contribution in [0, 0.1) is 0 Å². The molecule has 0 saturated carbocycles. The van der Waals surface area contributed by atoms with Crippen molar-refractivity contribution in [3.63, 3.8) is 0 Å². The minimum atomic E-state index is -2.96. The first kappa shape index (κ1) is 22.2. The molecule has 1 amide bonds. The van der Waals surface area contributed by atoms with Crippen LogP contribution in [0.5, 0.6) is 0 Å². The van der Waals surface area contributed by atoms with E-state index in [-0.39, 0.29) is 11.8 Å². The van der Waals surface area contributed by atoms with Gasteiger partial charge < -0.3 is 4.74 Å². The van der Waals surface area contributed by atoms with E-state index < -0.39 is 15.4 Å². The number of aromatic nitrogens is 2. The minimum absolute atomic E-state index is 0.165. The summed E-state index contributed by atoms with van der Waals surface area (Å²) >= 11 is 0. The topological polar surface area (TPSA) is 89.5 Å². The molecule has 0 aliphatic carbocycles. The van der Waals surface area contributed by atoms with E-state index in [1.165, 1.54) is 6.26 Å². The Labute approximate surface area is 178 Å². The molecule has 0 radical (unpaired) electrons. The van der Waals surface area contributed by atoms with E-state index in [1.807, 2.05) is 26.8 Å². The predicted octanol–water partition coefficient (Wildman–Crippen LogP) is 3.81. The van der Waals surface area contributed by atoms with E-state index in [9.17, 15) is 13.2 Å². The molecule has 1 aliphatic rings. The molecular formula is C22H29N3O4S. The molecule has 8 heteroatoms. The molecule has 30 heavy (non-hydrogen) atoms. The standard InChI is InChI=1S/C22H29N3O4S/c1-22(2,3)29-21(26)25-9-5-8-17-12-19(15-24-20(17)25)18-11-16(13-23-14-18)7-6-10-30(4,27)28/h11-15H,5-10H2,1-4H3. The van der Waals surface area contributed by atoms with E-state index in [0.29, 0.717) is 25.2 Å². The average Bonchev–Trinajstić information content (AvgIpc) is 2.65. The fraction of sp³-hybridized carbons (Fsp3) is 0.500. The smallest absolute Gasteiger partial charge is 0.416 e. The Hall–Kier alpha value is -2.48. The van der Waals surface area contributed by atoms with Crippen molar-refractivity contribution >= 4 is 21.7 Å². The Morgan fingerprint density at radius 1 is 1.17 bits per heavy atom. The van der Waals surface area contributed by atoms with Gasteiger partial charge in [0.2, 0.25) is 0 Å². The fourth-order valence-electron chi connectivity index (χ4n) is 3.44. The zero-order valence-electron chi connectivity index (χ0n) is 18.0. The van der Waals surface area contributed by atoms with Crippen LogP contribution in [0.15, 0.2) is 30.7 Å². The van der Waals surface area contributed by atoms with E-state index in [0.717, 1.165) is 35.1 Å². The summed E-state index contributed by atoms with van der Waals surface area (Å²) in [4.78, 5) is 23.0. The molecule has 0 aromatic carbocycles. The number of rotatable bonds is 5. The number of aryl methyl sites for hydroxylation is 2. The van der Waals surface area contributed by atoms with Crippen molar-refractivity contribution in [2.75, 3.05) is 23.5 Å². The van der Waals surface area contributed by atoms with Crippen LogP contribution in [0.4, 0.5) is 10.6 Å². The van der Waals surface area contributed by atoms with E-state index >= 15 is 0 Å². The van der Waals surface area contributed by atoms with E-state index in [2.05, 4.69) is 16.0 Å². The Kier molecular flexibility index (Phi) is 6.45. The number of carbonyl (C=O) groups is 1. The summed E-state index contributed by atoms with van der Waals surface area (Å²) in [5.74, 6) is 0.814.